The summed E-state index contributed by atoms with van der Waals surface area (Å²) in [5.41, 5.74) is 2.93. The molecule has 1 aliphatic heterocycles. The van der Waals surface area contributed by atoms with Crippen molar-refractivity contribution in [1.29, 1.82) is 0 Å². The van der Waals surface area contributed by atoms with Gasteiger partial charge in [0.25, 0.3) is 0 Å². The molecule has 3 heteroatoms. The fraction of sp³-hybridized carbons (Fsp3) is 0.571. The molecule has 1 heterocycles. The molecule has 1 aromatic carbocycles. The summed E-state index contributed by atoms with van der Waals surface area (Å²) < 4.78 is 6.34. The standard InChI is InChI=1S/C21H26O3/c1-21(2)17-9-8-15(22)12-16(17)20-18(23)10-14(11-19(20)24-21)13-6-4-3-5-7-13/h6,10-11,16-17,23H,3-5,7-9,12H2,1-2H3/t16-,17-/m1/s1. The van der Waals surface area contributed by atoms with Crippen LogP contribution in [0, 0.1) is 5.92 Å². The van der Waals surface area contributed by atoms with Crippen LogP contribution in [-0.2, 0) is 4.79 Å². The Morgan fingerprint density at radius 1 is 1.21 bits per heavy atom. The van der Waals surface area contributed by atoms with Crippen LogP contribution in [0.3, 0.4) is 0 Å². The molecule has 1 saturated carbocycles. The van der Waals surface area contributed by atoms with Crippen molar-refractivity contribution < 1.29 is 14.6 Å². The van der Waals surface area contributed by atoms with E-state index in [9.17, 15) is 9.90 Å². The summed E-state index contributed by atoms with van der Waals surface area (Å²) in [6.45, 7) is 4.24. The lowest BCUT2D eigenvalue weighted by Crippen LogP contribution is -2.47. The van der Waals surface area contributed by atoms with Gasteiger partial charge in [0.2, 0.25) is 0 Å². The van der Waals surface area contributed by atoms with Crippen molar-refractivity contribution >= 4 is 11.4 Å². The minimum Gasteiger partial charge on any atom is -0.507 e. The van der Waals surface area contributed by atoms with Crippen LogP contribution in [-0.4, -0.2) is 16.5 Å². The number of carbonyl (C=O) groups excluding carboxylic acids is 1. The quantitative estimate of drug-likeness (QED) is 0.792. The average molecular weight is 326 g/mol. The Bertz CT molecular complexity index is 714. The lowest BCUT2D eigenvalue weighted by Gasteiger charge is -2.47. The number of rotatable bonds is 1. The highest BCUT2D eigenvalue weighted by molar-refractivity contribution is 5.81. The first-order valence-electron chi connectivity index (χ1n) is 9.23. The van der Waals surface area contributed by atoms with Crippen molar-refractivity contribution in [3.8, 4) is 11.5 Å². The number of hydrogen-bond donors (Lipinski definition) is 1. The van der Waals surface area contributed by atoms with E-state index in [2.05, 4.69) is 26.0 Å². The van der Waals surface area contributed by atoms with E-state index in [0.29, 0.717) is 24.4 Å². The van der Waals surface area contributed by atoms with Crippen LogP contribution in [0.1, 0.15) is 75.8 Å². The Kier molecular flexibility index (Phi) is 3.70. The molecule has 3 nitrogen and oxygen atoms in total. The van der Waals surface area contributed by atoms with E-state index in [1.165, 1.54) is 18.4 Å². The van der Waals surface area contributed by atoms with Crippen molar-refractivity contribution in [3.63, 3.8) is 0 Å². The number of fused-ring (bicyclic) bond motifs is 3. The first-order chi connectivity index (χ1) is 11.5. The lowest BCUT2D eigenvalue weighted by atomic mass is 9.66. The van der Waals surface area contributed by atoms with Crippen LogP contribution < -0.4 is 4.74 Å². The number of Topliss-reactive ketones (excluding diaryl/α,β-unsaturated/α-hetero) is 1. The van der Waals surface area contributed by atoms with E-state index in [4.69, 9.17) is 4.74 Å². The van der Waals surface area contributed by atoms with E-state index in [-0.39, 0.29) is 17.4 Å². The number of phenolic OH excluding ortho intramolecular Hbond substituents is 1. The van der Waals surface area contributed by atoms with E-state index in [1.807, 2.05) is 6.07 Å². The van der Waals surface area contributed by atoms with Gasteiger partial charge >= 0.3 is 0 Å². The zero-order valence-electron chi connectivity index (χ0n) is 14.6. The van der Waals surface area contributed by atoms with Gasteiger partial charge < -0.3 is 9.84 Å². The number of allylic oxidation sites excluding steroid dienone is 2. The maximum Gasteiger partial charge on any atom is 0.133 e. The molecule has 4 rings (SSSR count). The summed E-state index contributed by atoms with van der Waals surface area (Å²) >= 11 is 0. The maximum absolute atomic E-state index is 12.0. The van der Waals surface area contributed by atoms with Crippen LogP contribution in [0.5, 0.6) is 11.5 Å². The molecule has 3 aliphatic rings. The molecule has 0 unspecified atom stereocenters. The Labute approximate surface area is 143 Å². The second-order valence-electron chi connectivity index (χ2n) is 8.08. The highest BCUT2D eigenvalue weighted by Gasteiger charge is 2.47. The first kappa shape index (κ1) is 15.7. The van der Waals surface area contributed by atoms with Gasteiger partial charge in [-0.2, -0.15) is 0 Å². The minimum atomic E-state index is -0.301. The van der Waals surface area contributed by atoms with E-state index in [1.54, 1.807) is 0 Å². The highest BCUT2D eigenvalue weighted by Crippen LogP contribution is 2.54. The summed E-state index contributed by atoms with van der Waals surface area (Å²) in [7, 11) is 0. The van der Waals surface area contributed by atoms with Crippen molar-refractivity contribution in [2.45, 2.75) is 70.3 Å². The summed E-state index contributed by atoms with van der Waals surface area (Å²) in [4.78, 5) is 12.0. The van der Waals surface area contributed by atoms with Crippen molar-refractivity contribution in [2.24, 2.45) is 5.92 Å². The van der Waals surface area contributed by atoms with Gasteiger partial charge in [-0.05, 0) is 69.2 Å². The van der Waals surface area contributed by atoms with Gasteiger partial charge in [-0.1, -0.05) is 6.08 Å². The number of ether oxygens (including phenoxy) is 1. The molecule has 24 heavy (non-hydrogen) atoms. The number of carbonyl (C=O) groups is 1. The number of ketones is 1. The molecule has 0 radical (unpaired) electrons. The Hall–Kier alpha value is -1.77. The maximum atomic E-state index is 12.0. The molecule has 1 aromatic rings. The fourth-order valence-corrected chi connectivity index (χ4v) is 4.86. The zero-order chi connectivity index (χ0) is 16.9. The van der Waals surface area contributed by atoms with Gasteiger partial charge in [0, 0.05) is 30.2 Å². The SMILES string of the molecule is CC1(C)Oc2cc(C3=CCCCC3)cc(O)c2[C@@H]2CC(=O)CC[C@H]21. The smallest absolute Gasteiger partial charge is 0.133 e. The van der Waals surface area contributed by atoms with Crippen molar-refractivity contribution in [2.75, 3.05) is 0 Å². The topological polar surface area (TPSA) is 46.5 Å². The van der Waals surface area contributed by atoms with Crippen LogP contribution in [0.25, 0.3) is 5.57 Å². The third kappa shape index (κ3) is 2.54. The number of hydrogen-bond acceptors (Lipinski definition) is 3. The Morgan fingerprint density at radius 3 is 2.79 bits per heavy atom. The Morgan fingerprint density at radius 2 is 2.04 bits per heavy atom. The van der Waals surface area contributed by atoms with Gasteiger partial charge in [-0.3, -0.25) is 4.79 Å². The zero-order valence-corrected chi connectivity index (χ0v) is 14.6. The molecule has 0 spiro atoms. The van der Waals surface area contributed by atoms with Crippen LogP contribution >= 0.6 is 0 Å². The van der Waals surface area contributed by atoms with Crippen LogP contribution in [0.4, 0.5) is 0 Å². The molecule has 0 aromatic heterocycles. The van der Waals surface area contributed by atoms with E-state index >= 15 is 0 Å². The van der Waals surface area contributed by atoms with E-state index in [0.717, 1.165) is 36.1 Å². The predicted octanol–water partition coefficient (Wildman–Crippen LogP) is 4.97. The second-order valence-corrected chi connectivity index (χ2v) is 8.08. The molecule has 0 saturated heterocycles. The number of phenols is 1. The summed E-state index contributed by atoms with van der Waals surface area (Å²) in [5.74, 6) is 1.75. The van der Waals surface area contributed by atoms with Gasteiger partial charge in [-0.25, -0.2) is 0 Å². The second kappa shape index (κ2) is 5.65. The van der Waals surface area contributed by atoms with Crippen LogP contribution in [0.15, 0.2) is 18.2 Å². The predicted molar refractivity (Wildman–Crippen MR) is 94.3 cm³/mol. The molecule has 1 fully saturated rings. The van der Waals surface area contributed by atoms with Gasteiger partial charge in [0.1, 0.15) is 22.9 Å². The highest BCUT2D eigenvalue weighted by atomic mass is 16.5. The summed E-state index contributed by atoms with van der Waals surface area (Å²) in [6.07, 6.45) is 8.92. The Balaban J connectivity index is 1.80. The largest absolute Gasteiger partial charge is 0.507 e. The van der Waals surface area contributed by atoms with Gasteiger partial charge in [0.15, 0.2) is 0 Å². The molecule has 1 N–H and O–H groups in total. The normalized spacial score (nSPS) is 28.4. The molecule has 2 atom stereocenters. The molecule has 2 aliphatic carbocycles. The molecular formula is C21H26O3. The molecule has 0 amide bonds. The van der Waals surface area contributed by atoms with E-state index < -0.39 is 0 Å². The summed E-state index contributed by atoms with van der Waals surface area (Å²) in [6, 6.07) is 3.97. The average Bonchev–Trinajstić information content (AvgIpc) is 2.54. The van der Waals surface area contributed by atoms with Crippen LogP contribution in [0.2, 0.25) is 0 Å². The summed E-state index contributed by atoms with van der Waals surface area (Å²) in [5, 5.41) is 10.7. The molecular weight excluding hydrogens is 300 g/mol. The van der Waals surface area contributed by atoms with Gasteiger partial charge in [-0.15, -0.1) is 0 Å². The minimum absolute atomic E-state index is 0.0828. The van der Waals surface area contributed by atoms with Gasteiger partial charge in [0.05, 0.1) is 0 Å². The van der Waals surface area contributed by atoms with Crippen molar-refractivity contribution in [1.82, 2.24) is 0 Å². The third-order valence-electron chi connectivity index (χ3n) is 6.09. The third-order valence-corrected chi connectivity index (χ3v) is 6.09. The lowest BCUT2D eigenvalue weighted by molar-refractivity contribution is -0.124. The molecule has 128 valence electrons. The van der Waals surface area contributed by atoms with Crippen molar-refractivity contribution in [3.05, 3.63) is 29.3 Å². The number of benzene rings is 1. The number of aromatic hydroxyl groups is 1. The molecule has 0 bridgehead atoms. The fourth-order valence-electron chi connectivity index (χ4n) is 4.86. The monoisotopic (exact) mass is 326 g/mol. The first-order valence-corrected chi connectivity index (χ1v) is 9.23.